The summed E-state index contributed by atoms with van der Waals surface area (Å²) < 4.78 is 11.2. The number of hydrogen-bond acceptors (Lipinski definition) is 4. The smallest absolute Gasteiger partial charge is 0.408 e. The summed E-state index contributed by atoms with van der Waals surface area (Å²) in [5.74, 6) is -0.785. The maximum Gasteiger partial charge on any atom is 0.417 e. The zero-order chi connectivity index (χ0) is 17.2. The summed E-state index contributed by atoms with van der Waals surface area (Å²) in [4.78, 5) is 26.5. The van der Waals surface area contributed by atoms with E-state index in [0.29, 0.717) is 23.2 Å². The summed E-state index contributed by atoms with van der Waals surface area (Å²) in [5, 5.41) is 2.99. The molecule has 0 spiro atoms. The maximum atomic E-state index is 12.6. The number of benzene rings is 1. The van der Waals surface area contributed by atoms with E-state index >= 15 is 0 Å². The van der Waals surface area contributed by atoms with E-state index in [4.69, 9.17) is 9.15 Å². The topological polar surface area (TPSA) is 84.3 Å². The third kappa shape index (κ3) is 3.53. The third-order valence-electron chi connectivity index (χ3n) is 4.52. The number of oxazole rings is 1. The van der Waals surface area contributed by atoms with Crippen molar-refractivity contribution < 1.29 is 13.9 Å². The first-order valence-electron chi connectivity index (χ1n) is 8.57. The number of carbonyl (C=O) groups excluding carboxylic acids is 1. The summed E-state index contributed by atoms with van der Waals surface area (Å²) in [6.07, 6.45) is 5.48. The van der Waals surface area contributed by atoms with E-state index in [0.717, 1.165) is 25.7 Å². The van der Waals surface area contributed by atoms with Crippen LogP contribution < -0.4 is 11.1 Å². The second-order valence-corrected chi connectivity index (χ2v) is 6.79. The lowest BCUT2D eigenvalue weighted by Crippen LogP contribution is -2.47. The Bertz CT molecular complexity index is 769. The first-order chi connectivity index (χ1) is 11.5. The van der Waals surface area contributed by atoms with E-state index in [2.05, 4.69) is 10.3 Å². The number of ether oxygens (including phenoxy) is 1. The molecule has 0 saturated heterocycles. The van der Waals surface area contributed by atoms with Crippen molar-refractivity contribution in [2.75, 3.05) is 6.54 Å². The molecule has 0 radical (unpaired) electrons. The Morgan fingerprint density at radius 2 is 2.08 bits per heavy atom. The molecule has 0 bridgehead atoms. The van der Waals surface area contributed by atoms with E-state index in [9.17, 15) is 9.59 Å². The highest BCUT2D eigenvalue weighted by Gasteiger charge is 2.34. The van der Waals surface area contributed by atoms with Crippen LogP contribution in [0.1, 0.15) is 56.3 Å². The molecule has 1 heterocycles. The van der Waals surface area contributed by atoms with Gasteiger partial charge < -0.3 is 14.5 Å². The van der Waals surface area contributed by atoms with Gasteiger partial charge in [-0.2, -0.15) is 0 Å². The van der Waals surface area contributed by atoms with Gasteiger partial charge in [0.2, 0.25) is 0 Å². The van der Waals surface area contributed by atoms with Gasteiger partial charge in [-0.15, -0.1) is 0 Å². The molecule has 2 N–H and O–H groups in total. The number of nitrogens with one attached hydrogen (secondary N) is 2. The third-order valence-corrected chi connectivity index (χ3v) is 4.52. The lowest BCUT2D eigenvalue weighted by molar-refractivity contribution is -0.0978. The molecule has 1 amide bonds. The lowest BCUT2D eigenvalue weighted by Gasteiger charge is -2.39. The quantitative estimate of drug-likeness (QED) is 0.881. The molecule has 1 saturated carbocycles. The molecule has 2 aromatic rings. The van der Waals surface area contributed by atoms with Crippen LogP contribution in [0.2, 0.25) is 0 Å². The summed E-state index contributed by atoms with van der Waals surface area (Å²) in [7, 11) is 0. The van der Waals surface area contributed by atoms with Crippen molar-refractivity contribution in [3.05, 3.63) is 34.3 Å². The number of fused-ring (bicyclic) bond motifs is 1. The number of H-pyrrole nitrogens is 1. The Morgan fingerprint density at radius 1 is 1.33 bits per heavy atom. The molecule has 1 aromatic heterocycles. The SMILES string of the molecule is CC(C)OC1(CNC(=O)c2cccc3oc(=O)[nH]c23)CCCCC1. The molecular weight excluding hydrogens is 308 g/mol. The van der Waals surface area contributed by atoms with Crippen LogP contribution in [-0.2, 0) is 4.74 Å². The molecule has 24 heavy (non-hydrogen) atoms. The molecule has 3 rings (SSSR count). The van der Waals surface area contributed by atoms with Crippen molar-refractivity contribution in [3.8, 4) is 0 Å². The van der Waals surface area contributed by atoms with Gasteiger partial charge in [0.05, 0.1) is 22.8 Å². The maximum absolute atomic E-state index is 12.6. The monoisotopic (exact) mass is 332 g/mol. The molecule has 1 aliphatic carbocycles. The first-order valence-corrected chi connectivity index (χ1v) is 8.57. The van der Waals surface area contributed by atoms with E-state index in [-0.39, 0.29) is 17.6 Å². The van der Waals surface area contributed by atoms with Gasteiger partial charge in [0, 0.05) is 6.54 Å². The van der Waals surface area contributed by atoms with Crippen LogP contribution in [0.5, 0.6) is 0 Å². The van der Waals surface area contributed by atoms with Gasteiger partial charge in [-0.05, 0) is 38.8 Å². The Kier molecular flexibility index (Phi) is 4.76. The van der Waals surface area contributed by atoms with Crippen molar-refractivity contribution in [1.29, 1.82) is 0 Å². The minimum atomic E-state index is -0.558. The second kappa shape index (κ2) is 6.81. The predicted octanol–water partition coefficient (Wildman–Crippen LogP) is 2.98. The molecule has 0 unspecified atom stereocenters. The van der Waals surface area contributed by atoms with E-state index in [1.807, 2.05) is 13.8 Å². The minimum absolute atomic E-state index is 0.119. The molecule has 1 aromatic carbocycles. The van der Waals surface area contributed by atoms with Crippen LogP contribution in [0.15, 0.2) is 27.4 Å². The van der Waals surface area contributed by atoms with Gasteiger partial charge in [-0.25, -0.2) is 4.79 Å². The summed E-state index contributed by atoms with van der Waals surface area (Å²) in [6.45, 7) is 4.52. The van der Waals surface area contributed by atoms with Gasteiger partial charge >= 0.3 is 5.76 Å². The van der Waals surface area contributed by atoms with Gasteiger partial charge in [0.1, 0.15) is 0 Å². The van der Waals surface area contributed by atoms with Crippen molar-refractivity contribution >= 4 is 17.0 Å². The zero-order valence-electron chi connectivity index (χ0n) is 14.2. The van der Waals surface area contributed by atoms with Crippen LogP contribution in [0.4, 0.5) is 0 Å². The van der Waals surface area contributed by atoms with E-state index < -0.39 is 5.76 Å². The molecule has 0 atom stereocenters. The number of rotatable bonds is 5. The minimum Gasteiger partial charge on any atom is -0.408 e. The Labute approximate surface area is 140 Å². The van der Waals surface area contributed by atoms with Crippen LogP contribution in [0.3, 0.4) is 0 Å². The first kappa shape index (κ1) is 16.8. The van der Waals surface area contributed by atoms with Gasteiger partial charge in [-0.3, -0.25) is 9.78 Å². The Balaban J connectivity index is 1.76. The normalized spacial score (nSPS) is 17.3. The van der Waals surface area contributed by atoms with Crippen molar-refractivity contribution in [2.45, 2.75) is 57.7 Å². The average molecular weight is 332 g/mol. The number of carbonyl (C=O) groups is 1. The van der Waals surface area contributed by atoms with Gasteiger partial charge in [0.25, 0.3) is 5.91 Å². The Morgan fingerprint density at radius 3 is 2.79 bits per heavy atom. The molecular formula is C18H24N2O4. The highest BCUT2D eigenvalue weighted by Crippen LogP contribution is 2.32. The summed E-state index contributed by atoms with van der Waals surface area (Å²) >= 11 is 0. The number of amides is 1. The fourth-order valence-corrected chi connectivity index (χ4v) is 3.53. The van der Waals surface area contributed by atoms with Crippen molar-refractivity contribution in [3.63, 3.8) is 0 Å². The number of para-hydroxylation sites is 1. The van der Waals surface area contributed by atoms with Crippen molar-refractivity contribution in [2.24, 2.45) is 0 Å². The summed E-state index contributed by atoms with van der Waals surface area (Å²) in [6, 6.07) is 5.05. The standard InChI is InChI=1S/C18H24N2O4/c1-12(2)24-18(9-4-3-5-10-18)11-19-16(21)13-7-6-8-14-15(13)20-17(22)23-14/h6-8,12H,3-5,9-11H2,1-2H3,(H,19,21)(H,20,22). The average Bonchev–Trinajstić information content (AvgIpc) is 2.93. The van der Waals surface area contributed by atoms with Gasteiger partial charge in [0.15, 0.2) is 5.58 Å². The highest BCUT2D eigenvalue weighted by molar-refractivity contribution is 6.04. The van der Waals surface area contributed by atoms with Crippen LogP contribution in [-0.4, -0.2) is 29.1 Å². The zero-order valence-corrected chi connectivity index (χ0v) is 14.2. The second-order valence-electron chi connectivity index (χ2n) is 6.79. The number of aromatic nitrogens is 1. The van der Waals surface area contributed by atoms with E-state index in [1.165, 1.54) is 6.42 Å². The predicted molar refractivity (Wildman–Crippen MR) is 91.2 cm³/mol. The van der Waals surface area contributed by atoms with Crippen LogP contribution in [0, 0.1) is 0 Å². The van der Waals surface area contributed by atoms with Crippen LogP contribution in [0.25, 0.3) is 11.1 Å². The molecule has 6 heteroatoms. The fourth-order valence-electron chi connectivity index (χ4n) is 3.53. The molecule has 1 fully saturated rings. The summed E-state index contributed by atoms with van der Waals surface area (Å²) in [5.41, 5.74) is 0.939. The Hall–Kier alpha value is -2.08. The van der Waals surface area contributed by atoms with Gasteiger partial charge in [-0.1, -0.05) is 25.3 Å². The number of aromatic amines is 1. The van der Waals surface area contributed by atoms with Crippen molar-refractivity contribution in [1.82, 2.24) is 10.3 Å². The highest BCUT2D eigenvalue weighted by atomic mass is 16.5. The van der Waals surface area contributed by atoms with E-state index in [1.54, 1.807) is 18.2 Å². The molecule has 130 valence electrons. The molecule has 1 aliphatic rings. The fraction of sp³-hybridized carbons (Fsp3) is 0.556. The lowest BCUT2D eigenvalue weighted by atomic mass is 9.84. The molecule has 6 nitrogen and oxygen atoms in total. The number of hydrogen-bond donors (Lipinski definition) is 2. The molecule has 0 aliphatic heterocycles. The largest absolute Gasteiger partial charge is 0.417 e. The van der Waals surface area contributed by atoms with Crippen LogP contribution >= 0.6 is 0 Å².